The van der Waals surface area contributed by atoms with Gasteiger partial charge < -0.3 is 10.3 Å². The number of halogens is 2. The van der Waals surface area contributed by atoms with Crippen LogP contribution < -0.4 is 10.9 Å². The molecule has 0 bridgehead atoms. The largest absolute Gasteiger partial charge is 0.309 e. The van der Waals surface area contributed by atoms with Crippen LogP contribution in [0, 0.1) is 0 Å². The molecule has 174 valence electrons. The summed E-state index contributed by atoms with van der Waals surface area (Å²) in [6.07, 6.45) is 3.03. The second kappa shape index (κ2) is 7.79. The van der Waals surface area contributed by atoms with Gasteiger partial charge in [-0.15, -0.1) is 0 Å². The van der Waals surface area contributed by atoms with Crippen LogP contribution in [-0.4, -0.2) is 41.4 Å². The van der Waals surface area contributed by atoms with Crippen molar-refractivity contribution < 1.29 is 13.6 Å². The third-order valence-electron chi connectivity index (χ3n) is 6.06. The molecule has 0 saturated carbocycles. The third kappa shape index (κ3) is 3.62. The number of aromatic amines is 1. The Kier molecular flexibility index (Phi) is 4.99. The number of H-pyrrole nitrogens is 1. The van der Waals surface area contributed by atoms with E-state index in [9.17, 15) is 18.4 Å². The summed E-state index contributed by atoms with van der Waals surface area (Å²) in [6.45, 7) is 2.56. The molecule has 1 aromatic carbocycles. The van der Waals surface area contributed by atoms with E-state index in [1.165, 1.54) is 17.0 Å². The van der Waals surface area contributed by atoms with E-state index < -0.39 is 16.9 Å². The van der Waals surface area contributed by atoms with Gasteiger partial charge >= 0.3 is 0 Å². The van der Waals surface area contributed by atoms with Crippen LogP contribution in [-0.2, 0) is 16.6 Å². The fourth-order valence-corrected chi connectivity index (χ4v) is 4.28. The number of amides is 1. The number of hydrogen-bond acceptors (Lipinski definition) is 6. The van der Waals surface area contributed by atoms with Gasteiger partial charge in [-0.1, -0.05) is 30.3 Å². The van der Waals surface area contributed by atoms with E-state index in [-0.39, 0.29) is 48.1 Å². The number of aryl methyl sites for hydroxylation is 1. The van der Waals surface area contributed by atoms with E-state index in [1.54, 1.807) is 31.2 Å². The molecule has 0 aliphatic carbocycles. The van der Waals surface area contributed by atoms with Crippen molar-refractivity contribution in [3.63, 3.8) is 0 Å². The minimum atomic E-state index is -2.78. The van der Waals surface area contributed by atoms with Gasteiger partial charge in [-0.25, -0.2) is 28.2 Å². The minimum absolute atomic E-state index is 0.126. The zero-order chi connectivity index (χ0) is 24.1. The standard InChI is InChI=1S/C23H21F2N7O2/c1-22(24,25)10-6-9-14-19-26-12-27-32(19)11-15(28-14)17-29-18-16(20(33)30-17)23(2,21(34)31-18)13-7-4-3-5-8-13/h3-5,7-8,11-12H,6,9-10H2,1-2H3,(H2,29,30,31,33,34). The van der Waals surface area contributed by atoms with Crippen molar-refractivity contribution in [3.05, 3.63) is 70.0 Å². The van der Waals surface area contributed by atoms with E-state index >= 15 is 0 Å². The fraction of sp³-hybridized carbons (Fsp3) is 0.304. The number of carbonyl (C=O) groups excluding carboxylic acids is 1. The third-order valence-corrected chi connectivity index (χ3v) is 6.06. The fourth-order valence-electron chi connectivity index (χ4n) is 4.28. The van der Waals surface area contributed by atoms with E-state index in [1.807, 2.05) is 6.07 Å². The molecule has 1 amide bonds. The summed E-state index contributed by atoms with van der Waals surface area (Å²) in [5.41, 5.74) is 0.395. The van der Waals surface area contributed by atoms with Crippen molar-refractivity contribution >= 4 is 17.4 Å². The first kappa shape index (κ1) is 21.8. The van der Waals surface area contributed by atoms with Crippen molar-refractivity contribution in [1.29, 1.82) is 0 Å². The second-order valence-electron chi connectivity index (χ2n) is 8.61. The SMILES string of the molecule is CC(F)(F)CCCc1nc(-c2nc3c(c(=O)[nH]2)C(C)(c2ccccc2)C(=O)N3)cn2ncnc12. The van der Waals surface area contributed by atoms with Crippen LogP contribution in [0.25, 0.3) is 17.2 Å². The molecule has 34 heavy (non-hydrogen) atoms. The van der Waals surface area contributed by atoms with E-state index in [4.69, 9.17) is 0 Å². The van der Waals surface area contributed by atoms with Crippen LogP contribution in [0.15, 0.2) is 47.7 Å². The van der Waals surface area contributed by atoms with Gasteiger partial charge in [0.1, 0.15) is 23.3 Å². The molecule has 1 aliphatic heterocycles. The molecule has 5 rings (SSSR count). The molecule has 4 aromatic rings. The molecule has 3 aromatic heterocycles. The molecule has 1 aliphatic rings. The predicted molar refractivity (Wildman–Crippen MR) is 120 cm³/mol. The topological polar surface area (TPSA) is 118 Å². The highest BCUT2D eigenvalue weighted by Gasteiger charge is 2.47. The molecule has 0 saturated heterocycles. The second-order valence-corrected chi connectivity index (χ2v) is 8.61. The molecule has 0 spiro atoms. The highest BCUT2D eigenvalue weighted by Crippen LogP contribution is 2.39. The zero-order valence-electron chi connectivity index (χ0n) is 18.5. The van der Waals surface area contributed by atoms with E-state index in [0.29, 0.717) is 16.9 Å². The summed E-state index contributed by atoms with van der Waals surface area (Å²) < 4.78 is 28.0. The highest BCUT2D eigenvalue weighted by atomic mass is 19.3. The molecule has 0 fully saturated rings. The average Bonchev–Trinajstić information content (AvgIpc) is 3.36. The number of benzene rings is 1. The molecule has 9 nitrogen and oxygen atoms in total. The summed E-state index contributed by atoms with van der Waals surface area (Å²) in [7, 11) is 0. The Bertz CT molecular complexity index is 1460. The molecule has 2 N–H and O–H groups in total. The van der Waals surface area contributed by atoms with Gasteiger partial charge in [-0.05, 0) is 32.3 Å². The Balaban J connectivity index is 1.57. The lowest BCUT2D eigenvalue weighted by atomic mass is 9.78. The summed E-state index contributed by atoms with van der Waals surface area (Å²) in [6, 6.07) is 9.00. The van der Waals surface area contributed by atoms with E-state index in [2.05, 4.69) is 30.4 Å². The van der Waals surface area contributed by atoms with Crippen LogP contribution in [0.5, 0.6) is 0 Å². The van der Waals surface area contributed by atoms with Gasteiger partial charge in [-0.3, -0.25) is 9.59 Å². The number of fused-ring (bicyclic) bond motifs is 2. The summed E-state index contributed by atoms with van der Waals surface area (Å²) in [5.74, 6) is -2.86. The van der Waals surface area contributed by atoms with Crippen LogP contribution >= 0.6 is 0 Å². The normalized spacial score (nSPS) is 17.7. The quantitative estimate of drug-likeness (QED) is 0.452. The van der Waals surface area contributed by atoms with Gasteiger partial charge in [-0.2, -0.15) is 5.10 Å². The van der Waals surface area contributed by atoms with Crippen LogP contribution in [0.4, 0.5) is 14.6 Å². The van der Waals surface area contributed by atoms with Crippen molar-refractivity contribution in [2.24, 2.45) is 0 Å². The Morgan fingerprint density at radius 1 is 1.15 bits per heavy atom. The Hall–Kier alpha value is -4.02. The number of anilines is 1. The van der Waals surface area contributed by atoms with Crippen molar-refractivity contribution in [3.8, 4) is 11.5 Å². The molecular formula is C23H21F2N7O2. The number of rotatable bonds is 6. The highest BCUT2D eigenvalue weighted by molar-refractivity contribution is 6.07. The average molecular weight is 465 g/mol. The molecule has 0 radical (unpaired) electrons. The van der Waals surface area contributed by atoms with Crippen LogP contribution in [0.3, 0.4) is 0 Å². The number of alkyl halides is 2. The van der Waals surface area contributed by atoms with E-state index in [0.717, 1.165) is 6.92 Å². The summed E-state index contributed by atoms with van der Waals surface area (Å²) in [5, 5.41) is 6.84. The zero-order valence-corrected chi connectivity index (χ0v) is 18.5. The maximum atomic E-state index is 13.3. The smallest absolute Gasteiger partial charge is 0.257 e. The monoisotopic (exact) mass is 465 g/mol. The number of hydrogen-bond donors (Lipinski definition) is 2. The number of aromatic nitrogens is 6. The Morgan fingerprint density at radius 3 is 2.65 bits per heavy atom. The minimum Gasteiger partial charge on any atom is -0.309 e. The van der Waals surface area contributed by atoms with Crippen LogP contribution in [0.1, 0.15) is 43.5 Å². The molecular weight excluding hydrogens is 444 g/mol. The van der Waals surface area contributed by atoms with Gasteiger partial charge in [0.25, 0.3) is 5.56 Å². The maximum Gasteiger partial charge on any atom is 0.257 e. The van der Waals surface area contributed by atoms with Crippen molar-refractivity contribution in [1.82, 2.24) is 29.5 Å². The number of carbonyl (C=O) groups is 1. The van der Waals surface area contributed by atoms with Crippen molar-refractivity contribution in [2.45, 2.75) is 44.4 Å². The molecule has 11 heteroatoms. The first-order valence-corrected chi connectivity index (χ1v) is 10.8. The predicted octanol–water partition coefficient (Wildman–Crippen LogP) is 3.11. The first-order valence-electron chi connectivity index (χ1n) is 10.8. The van der Waals surface area contributed by atoms with Crippen LogP contribution in [0.2, 0.25) is 0 Å². The maximum absolute atomic E-state index is 13.3. The molecule has 4 heterocycles. The Morgan fingerprint density at radius 2 is 1.91 bits per heavy atom. The van der Waals surface area contributed by atoms with Crippen molar-refractivity contribution in [2.75, 3.05) is 5.32 Å². The Labute approximate surface area is 192 Å². The van der Waals surface area contributed by atoms with Gasteiger partial charge in [0.2, 0.25) is 11.8 Å². The number of nitrogens with one attached hydrogen (secondary N) is 2. The first-order chi connectivity index (χ1) is 16.2. The lowest BCUT2D eigenvalue weighted by Gasteiger charge is -2.21. The van der Waals surface area contributed by atoms with Gasteiger partial charge in [0, 0.05) is 6.42 Å². The summed E-state index contributed by atoms with van der Waals surface area (Å²) >= 11 is 0. The lowest BCUT2D eigenvalue weighted by Crippen LogP contribution is -2.36. The molecule has 1 unspecified atom stereocenters. The number of nitrogens with zero attached hydrogens (tertiary/aromatic N) is 5. The lowest BCUT2D eigenvalue weighted by molar-refractivity contribution is -0.119. The summed E-state index contributed by atoms with van der Waals surface area (Å²) in [4.78, 5) is 42.0. The van der Waals surface area contributed by atoms with Gasteiger partial charge in [0.15, 0.2) is 11.5 Å². The van der Waals surface area contributed by atoms with Gasteiger partial charge in [0.05, 0.1) is 17.5 Å². The molecule has 1 atom stereocenters.